The van der Waals surface area contributed by atoms with Gasteiger partial charge in [-0.25, -0.2) is 0 Å². The van der Waals surface area contributed by atoms with Crippen molar-refractivity contribution in [2.24, 2.45) is 5.84 Å². The van der Waals surface area contributed by atoms with Crippen LogP contribution in [-0.4, -0.2) is 18.8 Å². The molecular weight excluding hydrogens is 271 g/mol. The Morgan fingerprint density at radius 1 is 1.33 bits per heavy atom. The van der Waals surface area contributed by atoms with Crippen LogP contribution >= 0.6 is 23.2 Å². The summed E-state index contributed by atoms with van der Waals surface area (Å²) in [6.45, 7) is 0.805. The van der Waals surface area contributed by atoms with Gasteiger partial charge in [0.2, 0.25) is 0 Å². The fourth-order valence-corrected chi connectivity index (χ4v) is 2.88. The minimum Gasteiger partial charge on any atom is -0.377 e. The maximum atomic E-state index is 6.18. The van der Waals surface area contributed by atoms with E-state index in [2.05, 4.69) is 5.43 Å². The van der Waals surface area contributed by atoms with E-state index < -0.39 is 0 Å². The van der Waals surface area contributed by atoms with Crippen LogP contribution in [0, 0.1) is 0 Å². The Morgan fingerprint density at radius 2 is 2.06 bits per heavy atom. The van der Waals surface area contributed by atoms with Crippen molar-refractivity contribution in [3.8, 4) is 0 Å². The first kappa shape index (κ1) is 14.1. The quantitative estimate of drug-likeness (QED) is 0.662. The van der Waals surface area contributed by atoms with E-state index in [1.54, 1.807) is 0 Å². The third-order valence-electron chi connectivity index (χ3n) is 3.36. The largest absolute Gasteiger partial charge is 0.377 e. The monoisotopic (exact) mass is 288 g/mol. The number of ether oxygens (including phenoxy) is 1. The van der Waals surface area contributed by atoms with Gasteiger partial charge in [-0.2, -0.15) is 0 Å². The van der Waals surface area contributed by atoms with Crippen LogP contribution in [0.25, 0.3) is 0 Å². The molecule has 0 aromatic heterocycles. The molecule has 1 saturated heterocycles. The summed E-state index contributed by atoms with van der Waals surface area (Å²) in [5, 5.41) is 1.36. The highest BCUT2D eigenvalue weighted by Crippen LogP contribution is 2.27. The fourth-order valence-electron chi connectivity index (χ4n) is 2.33. The highest BCUT2D eigenvalue weighted by atomic mass is 35.5. The molecule has 0 bridgehead atoms. The molecule has 2 rings (SSSR count). The Kier molecular flexibility index (Phi) is 5.27. The summed E-state index contributed by atoms with van der Waals surface area (Å²) in [6.07, 6.45) is 4.15. The zero-order valence-electron chi connectivity index (χ0n) is 10.2. The Hall–Kier alpha value is -0.320. The number of hydrazine groups is 1. The summed E-state index contributed by atoms with van der Waals surface area (Å²) < 4.78 is 5.75. The number of nitrogens with two attached hydrogens (primary N) is 1. The van der Waals surface area contributed by atoms with Crippen LogP contribution in [0.1, 0.15) is 24.8 Å². The Morgan fingerprint density at radius 3 is 2.61 bits per heavy atom. The Balaban J connectivity index is 2.09. The van der Waals surface area contributed by atoms with Crippen molar-refractivity contribution in [1.82, 2.24) is 5.43 Å². The molecule has 0 saturated carbocycles. The van der Waals surface area contributed by atoms with Crippen molar-refractivity contribution in [2.45, 2.75) is 37.8 Å². The van der Waals surface area contributed by atoms with E-state index in [1.807, 2.05) is 18.2 Å². The average Bonchev–Trinajstić information content (AvgIpc) is 2.40. The topological polar surface area (TPSA) is 47.3 Å². The summed E-state index contributed by atoms with van der Waals surface area (Å²) in [7, 11) is 0. The van der Waals surface area contributed by atoms with Crippen LogP contribution in [0.3, 0.4) is 0 Å². The van der Waals surface area contributed by atoms with Gasteiger partial charge in [0.25, 0.3) is 0 Å². The summed E-state index contributed by atoms with van der Waals surface area (Å²) in [5.41, 5.74) is 3.76. The lowest BCUT2D eigenvalue weighted by Gasteiger charge is -2.30. The average molecular weight is 289 g/mol. The van der Waals surface area contributed by atoms with E-state index in [1.165, 1.54) is 6.42 Å². The van der Waals surface area contributed by atoms with Gasteiger partial charge in [0.05, 0.1) is 12.1 Å². The number of rotatable bonds is 4. The summed E-state index contributed by atoms with van der Waals surface area (Å²) in [4.78, 5) is 0. The van der Waals surface area contributed by atoms with Crippen molar-refractivity contribution < 1.29 is 4.74 Å². The molecule has 100 valence electrons. The minimum atomic E-state index is 0.0442. The molecular formula is C13H18Cl2N2O. The lowest BCUT2D eigenvalue weighted by atomic mass is 9.96. The van der Waals surface area contributed by atoms with Crippen molar-refractivity contribution in [1.29, 1.82) is 0 Å². The fraction of sp³-hybridized carbons (Fsp3) is 0.538. The second-order valence-corrected chi connectivity index (χ2v) is 5.40. The molecule has 2 unspecified atom stereocenters. The second kappa shape index (κ2) is 6.73. The standard InChI is InChI=1S/C13H18Cl2N2O/c14-10-4-3-5-11(15)9(10)8-12(17-16)13-6-1-2-7-18-13/h3-5,12-13,17H,1-2,6-8,16H2. The third kappa shape index (κ3) is 3.37. The van der Waals surface area contributed by atoms with Gasteiger partial charge < -0.3 is 4.74 Å². The lowest BCUT2D eigenvalue weighted by Crippen LogP contribution is -2.47. The lowest BCUT2D eigenvalue weighted by molar-refractivity contribution is -0.00743. The number of hydrogen-bond acceptors (Lipinski definition) is 3. The molecule has 0 aliphatic carbocycles. The highest BCUT2D eigenvalue weighted by molar-refractivity contribution is 6.36. The summed E-state index contributed by atoms with van der Waals surface area (Å²) in [5.74, 6) is 5.64. The van der Waals surface area contributed by atoms with Gasteiger partial charge in [0.15, 0.2) is 0 Å². The normalized spacial score (nSPS) is 21.8. The van der Waals surface area contributed by atoms with Gasteiger partial charge in [0, 0.05) is 16.7 Å². The van der Waals surface area contributed by atoms with E-state index in [0.29, 0.717) is 16.5 Å². The molecule has 0 radical (unpaired) electrons. The predicted octanol–water partition coefficient (Wildman–Crippen LogP) is 2.94. The SMILES string of the molecule is NNC(Cc1c(Cl)cccc1Cl)C1CCCCO1. The summed E-state index contributed by atoms with van der Waals surface area (Å²) >= 11 is 12.4. The first-order chi connectivity index (χ1) is 8.72. The van der Waals surface area contributed by atoms with E-state index in [0.717, 1.165) is 25.0 Å². The van der Waals surface area contributed by atoms with E-state index in [4.69, 9.17) is 33.8 Å². The number of hydrogen-bond donors (Lipinski definition) is 2. The maximum absolute atomic E-state index is 6.18. The molecule has 1 aliphatic heterocycles. The van der Waals surface area contributed by atoms with Gasteiger partial charge in [0.1, 0.15) is 0 Å². The van der Waals surface area contributed by atoms with Crippen LogP contribution in [0.5, 0.6) is 0 Å². The van der Waals surface area contributed by atoms with Crippen molar-refractivity contribution >= 4 is 23.2 Å². The molecule has 1 aromatic rings. The molecule has 0 spiro atoms. The number of halogens is 2. The smallest absolute Gasteiger partial charge is 0.0744 e. The zero-order valence-corrected chi connectivity index (χ0v) is 11.7. The Bertz CT molecular complexity index is 374. The van der Waals surface area contributed by atoms with E-state index >= 15 is 0 Å². The third-order valence-corrected chi connectivity index (χ3v) is 4.07. The van der Waals surface area contributed by atoms with Crippen LogP contribution in [-0.2, 0) is 11.2 Å². The molecule has 1 heterocycles. The molecule has 1 aromatic carbocycles. The maximum Gasteiger partial charge on any atom is 0.0744 e. The zero-order chi connectivity index (χ0) is 13.0. The van der Waals surface area contributed by atoms with Gasteiger partial charge in [-0.3, -0.25) is 11.3 Å². The van der Waals surface area contributed by atoms with Crippen molar-refractivity contribution in [3.05, 3.63) is 33.8 Å². The molecule has 0 amide bonds. The molecule has 5 heteroatoms. The first-order valence-electron chi connectivity index (χ1n) is 6.23. The molecule has 1 fully saturated rings. The number of benzene rings is 1. The van der Waals surface area contributed by atoms with E-state index in [-0.39, 0.29) is 12.1 Å². The second-order valence-electron chi connectivity index (χ2n) is 4.58. The van der Waals surface area contributed by atoms with Crippen molar-refractivity contribution in [3.63, 3.8) is 0 Å². The Labute approximate surface area is 118 Å². The van der Waals surface area contributed by atoms with Crippen molar-refractivity contribution in [2.75, 3.05) is 6.61 Å². The van der Waals surface area contributed by atoms with Crippen LogP contribution in [0.4, 0.5) is 0 Å². The van der Waals surface area contributed by atoms with Gasteiger partial charge in [-0.05, 0) is 43.4 Å². The number of nitrogens with one attached hydrogen (secondary N) is 1. The van der Waals surface area contributed by atoms with Crippen LogP contribution < -0.4 is 11.3 Å². The van der Waals surface area contributed by atoms with Gasteiger partial charge in [-0.1, -0.05) is 29.3 Å². The molecule has 3 nitrogen and oxygen atoms in total. The molecule has 1 aliphatic rings. The van der Waals surface area contributed by atoms with Crippen LogP contribution in [0.15, 0.2) is 18.2 Å². The molecule has 18 heavy (non-hydrogen) atoms. The van der Waals surface area contributed by atoms with E-state index in [9.17, 15) is 0 Å². The molecule has 3 N–H and O–H groups in total. The van der Waals surface area contributed by atoms with Gasteiger partial charge >= 0.3 is 0 Å². The minimum absolute atomic E-state index is 0.0442. The first-order valence-corrected chi connectivity index (χ1v) is 6.98. The molecule has 2 atom stereocenters. The highest BCUT2D eigenvalue weighted by Gasteiger charge is 2.25. The van der Waals surface area contributed by atoms with Crippen LogP contribution in [0.2, 0.25) is 10.0 Å². The predicted molar refractivity (Wildman–Crippen MR) is 74.9 cm³/mol. The summed E-state index contributed by atoms with van der Waals surface area (Å²) in [6, 6.07) is 5.58. The van der Waals surface area contributed by atoms with Gasteiger partial charge in [-0.15, -0.1) is 0 Å².